The van der Waals surface area contributed by atoms with Crippen LogP contribution in [0.4, 0.5) is 0 Å². The predicted octanol–water partition coefficient (Wildman–Crippen LogP) is 7.30. The van der Waals surface area contributed by atoms with E-state index in [1.54, 1.807) is 12.4 Å². The van der Waals surface area contributed by atoms with Crippen LogP contribution in [0.1, 0.15) is 89.5 Å². The van der Waals surface area contributed by atoms with E-state index in [0.717, 1.165) is 52.1 Å². The molecule has 7 nitrogen and oxygen atoms in total. The van der Waals surface area contributed by atoms with Crippen molar-refractivity contribution in [1.82, 2.24) is 20.2 Å². The molecule has 0 saturated heterocycles. The van der Waals surface area contributed by atoms with Crippen LogP contribution in [0.2, 0.25) is 0 Å². The lowest BCUT2D eigenvalue weighted by molar-refractivity contribution is -0.0422. The van der Waals surface area contributed by atoms with Gasteiger partial charge in [0.25, 0.3) is 0 Å². The van der Waals surface area contributed by atoms with Gasteiger partial charge in [0, 0.05) is 39.6 Å². The Bertz CT molecular complexity index is 1670. The monoisotopic (exact) mass is 628 g/mol. The Morgan fingerprint density at radius 2 is 1.93 bits per heavy atom. The van der Waals surface area contributed by atoms with Crippen molar-refractivity contribution in [2.24, 2.45) is 5.41 Å². The second-order valence-electron chi connectivity index (χ2n) is 12.7. The van der Waals surface area contributed by atoms with Crippen molar-refractivity contribution in [3.63, 3.8) is 0 Å². The fourth-order valence-corrected chi connectivity index (χ4v) is 8.93. The summed E-state index contributed by atoms with van der Waals surface area (Å²) >= 11 is 2.99. The largest absolute Gasteiger partial charge is 0.393 e. The molecule has 3 aliphatic carbocycles. The first kappa shape index (κ1) is 30.9. The number of carbonyl (C=O) groups is 1. The molecular formula is C35H40N4O3S2. The van der Waals surface area contributed by atoms with Crippen LogP contribution in [0.5, 0.6) is 0 Å². The molecule has 3 N–H and O–H groups in total. The van der Waals surface area contributed by atoms with Crippen molar-refractivity contribution >= 4 is 28.9 Å². The molecule has 0 radical (unpaired) electrons. The molecule has 0 unspecified atom stereocenters. The number of aliphatic hydroxyl groups is 2. The second kappa shape index (κ2) is 12.7. The van der Waals surface area contributed by atoms with Gasteiger partial charge in [-0.15, -0.1) is 16.4 Å². The zero-order valence-corrected chi connectivity index (χ0v) is 27.2. The van der Waals surface area contributed by atoms with Gasteiger partial charge in [0.2, 0.25) is 10.9 Å². The number of thiophene rings is 1. The van der Waals surface area contributed by atoms with Crippen LogP contribution in [0.3, 0.4) is 0 Å². The number of nitrogens with one attached hydrogen (secondary N) is 1. The fourth-order valence-electron chi connectivity index (χ4n) is 7.00. The SMILES string of the molecule is CC1=CCC[C@@]2(C)[C@@H](CC[C@@]2(O)CSc2n[nH]c(-c3ccncc3)n2)c2ccc(cc2C(=O)c2ccc(C)s2)C[C@@H](O)CC1. The summed E-state index contributed by atoms with van der Waals surface area (Å²) in [5.41, 5.74) is 3.35. The van der Waals surface area contributed by atoms with Crippen molar-refractivity contribution in [1.29, 1.82) is 0 Å². The topological polar surface area (TPSA) is 112 Å². The second-order valence-corrected chi connectivity index (χ2v) is 14.9. The van der Waals surface area contributed by atoms with E-state index in [4.69, 9.17) is 0 Å². The molecule has 0 aliphatic heterocycles. The molecule has 1 fully saturated rings. The third kappa shape index (κ3) is 6.20. The van der Waals surface area contributed by atoms with Gasteiger partial charge in [0.05, 0.1) is 16.6 Å². The molecule has 3 heterocycles. The van der Waals surface area contributed by atoms with E-state index in [9.17, 15) is 15.0 Å². The Kier molecular flexibility index (Phi) is 8.93. The summed E-state index contributed by atoms with van der Waals surface area (Å²) in [6.45, 7) is 6.36. The van der Waals surface area contributed by atoms with Crippen LogP contribution in [-0.4, -0.2) is 53.6 Å². The molecule has 3 aliphatic rings. The zero-order chi connectivity index (χ0) is 30.9. The summed E-state index contributed by atoms with van der Waals surface area (Å²) in [6.07, 6.45) is 10.3. The summed E-state index contributed by atoms with van der Waals surface area (Å²) < 4.78 is 0. The number of carbonyl (C=O) groups excluding carboxylic acids is 1. The normalized spacial score (nSPS) is 25.8. The summed E-state index contributed by atoms with van der Waals surface area (Å²) in [6, 6.07) is 13.9. The summed E-state index contributed by atoms with van der Waals surface area (Å²) in [5.74, 6) is 1.14. The predicted molar refractivity (Wildman–Crippen MR) is 176 cm³/mol. The van der Waals surface area contributed by atoms with Gasteiger partial charge in [0.15, 0.2) is 5.82 Å². The molecule has 3 aromatic heterocycles. The molecule has 2 bridgehead atoms. The van der Waals surface area contributed by atoms with E-state index < -0.39 is 17.1 Å². The van der Waals surface area contributed by atoms with E-state index in [0.29, 0.717) is 41.6 Å². The van der Waals surface area contributed by atoms with Gasteiger partial charge in [0.1, 0.15) is 0 Å². The van der Waals surface area contributed by atoms with E-state index in [2.05, 4.69) is 52.2 Å². The summed E-state index contributed by atoms with van der Waals surface area (Å²) in [7, 11) is 0. The zero-order valence-electron chi connectivity index (χ0n) is 25.5. The van der Waals surface area contributed by atoms with Crippen molar-refractivity contribution in [2.45, 2.75) is 88.5 Å². The van der Waals surface area contributed by atoms with Crippen LogP contribution in [0.25, 0.3) is 11.4 Å². The molecule has 0 spiro atoms. The number of ketones is 1. The first-order chi connectivity index (χ1) is 21.1. The molecule has 1 aromatic carbocycles. The van der Waals surface area contributed by atoms with Gasteiger partial charge in [-0.2, -0.15) is 0 Å². The molecule has 44 heavy (non-hydrogen) atoms. The number of aromatic nitrogens is 4. The quantitative estimate of drug-likeness (QED) is 0.117. The lowest BCUT2D eigenvalue weighted by atomic mass is 9.65. The Morgan fingerprint density at radius 3 is 2.70 bits per heavy atom. The van der Waals surface area contributed by atoms with Gasteiger partial charge in [-0.3, -0.25) is 14.9 Å². The highest BCUT2D eigenvalue weighted by Crippen LogP contribution is 2.59. The van der Waals surface area contributed by atoms with E-state index in [1.165, 1.54) is 28.7 Å². The number of aryl methyl sites for hydroxylation is 1. The van der Waals surface area contributed by atoms with Crippen LogP contribution >= 0.6 is 23.1 Å². The third-order valence-electron chi connectivity index (χ3n) is 9.74. The van der Waals surface area contributed by atoms with Crippen LogP contribution in [0.15, 0.2) is 71.7 Å². The number of aliphatic hydroxyl groups excluding tert-OH is 1. The minimum atomic E-state index is -0.993. The van der Waals surface area contributed by atoms with Crippen LogP contribution in [0, 0.1) is 12.3 Å². The smallest absolute Gasteiger partial charge is 0.208 e. The first-order valence-corrected chi connectivity index (χ1v) is 17.2. The van der Waals surface area contributed by atoms with Crippen LogP contribution < -0.4 is 0 Å². The molecule has 7 rings (SSSR count). The van der Waals surface area contributed by atoms with E-state index >= 15 is 0 Å². The van der Waals surface area contributed by atoms with Crippen molar-refractivity contribution < 1.29 is 15.0 Å². The Balaban J connectivity index is 1.36. The molecule has 4 aromatic rings. The first-order valence-electron chi connectivity index (χ1n) is 15.4. The van der Waals surface area contributed by atoms with E-state index in [-0.39, 0.29) is 11.7 Å². The number of nitrogens with zero attached hydrogens (tertiary/aromatic N) is 3. The number of hydrogen-bond acceptors (Lipinski definition) is 8. The average molecular weight is 629 g/mol. The van der Waals surface area contributed by atoms with Gasteiger partial charge < -0.3 is 10.2 Å². The molecule has 230 valence electrons. The average Bonchev–Trinajstić information content (AvgIpc) is 3.74. The number of hydrogen-bond donors (Lipinski definition) is 3. The maximum atomic E-state index is 14.1. The summed E-state index contributed by atoms with van der Waals surface area (Å²) in [5, 5.41) is 31.4. The Hall–Kier alpha value is -3.11. The number of fused-ring (bicyclic) bond motifs is 8. The molecule has 4 atom stereocenters. The molecule has 1 saturated carbocycles. The highest BCUT2D eigenvalue weighted by Gasteiger charge is 2.56. The third-order valence-corrected chi connectivity index (χ3v) is 11.8. The number of pyridine rings is 1. The molecular weight excluding hydrogens is 589 g/mol. The van der Waals surface area contributed by atoms with E-state index in [1.807, 2.05) is 37.3 Å². The maximum Gasteiger partial charge on any atom is 0.208 e. The van der Waals surface area contributed by atoms with Gasteiger partial charge in [-0.25, -0.2) is 4.98 Å². The highest BCUT2D eigenvalue weighted by molar-refractivity contribution is 7.99. The minimum absolute atomic E-state index is 0.0109. The van der Waals surface area contributed by atoms with Crippen LogP contribution in [-0.2, 0) is 6.42 Å². The maximum absolute atomic E-state index is 14.1. The Labute approximate surface area is 267 Å². The number of H-pyrrole nitrogens is 1. The molecule has 9 heteroatoms. The number of aromatic amines is 1. The standard InChI is InChI=1S/C35H40N4O3S2/c1-22-5-4-15-34(3)29(12-16-35(34,42)21-43-33-37-32(38-39-33)25-13-17-36-18-14-25)27-10-8-24(19-26(40)9-6-22)20-28(27)31(41)30-11-7-23(2)44-30/h5,7-8,10-11,13-14,17-18,20,26,29,40,42H,4,6,9,12,15-16,19,21H2,1-3H3,(H,37,38,39)/t26-,29-,34-,35+/m0/s1. The van der Waals surface area contributed by atoms with Gasteiger partial charge in [-0.1, -0.05) is 42.5 Å². The number of allylic oxidation sites excluding steroid dienone is 2. The lowest BCUT2D eigenvalue weighted by Crippen LogP contribution is -2.46. The lowest BCUT2D eigenvalue weighted by Gasteiger charge is -2.44. The number of rotatable bonds is 6. The summed E-state index contributed by atoms with van der Waals surface area (Å²) in [4.78, 5) is 24.6. The van der Waals surface area contributed by atoms with Gasteiger partial charge in [-0.05, 0) is 106 Å². The Morgan fingerprint density at radius 1 is 1.11 bits per heavy atom. The van der Waals surface area contributed by atoms with Gasteiger partial charge >= 0.3 is 0 Å². The minimum Gasteiger partial charge on any atom is -0.393 e. The number of benzene rings is 1. The highest BCUT2D eigenvalue weighted by atomic mass is 32.2. The van der Waals surface area contributed by atoms with Crippen molar-refractivity contribution in [3.05, 3.63) is 93.0 Å². The number of thioether (sulfide) groups is 1. The van der Waals surface area contributed by atoms with Crippen molar-refractivity contribution in [2.75, 3.05) is 5.75 Å². The molecule has 0 amide bonds. The van der Waals surface area contributed by atoms with Crippen molar-refractivity contribution in [3.8, 4) is 11.4 Å². The fraction of sp³-hybridized carbons (Fsp3) is 0.429.